The van der Waals surface area contributed by atoms with Crippen molar-refractivity contribution >= 4 is 11.4 Å². The number of hydrogen-bond donors (Lipinski definition) is 1. The Labute approximate surface area is 82.1 Å². The lowest BCUT2D eigenvalue weighted by Crippen LogP contribution is -2.01. The van der Waals surface area contributed by atoms with E-state index < -0.39 is 4.92 Å². The molecule has 4 heteroatoms. The van der Waals surface area contributed by atoms with Crippen LogP contribution in [0, 0.1) is 29.4 Å². The summed E-state index contributed by atoms with van der Waals surface area (Å²) in [5.41, 5.74) is 1.71. The summed E-state index contributed by atoms with van der Waals surface area (Å²) in [5.74, 6) is 2.41. The highest BCUT2D eigenvalue weighted by atomic mass is 16.6. The summed E-state index contributed by atoms with van der Waals surface area (Å²) in [7, 11) is 0. The second-order valence-electron chi connectivity index (χ2n) is 2.81. The normalized spacial score (nSPS) is 9.14. The molecule has 1 aromatic rings. The molecule has 0 aliphatic heterocycles. The number of benzene rings is 1. The van der Waals surface area contributed by atoms with Crippen molar-refractivity contribution in [3.05, 3.63) is 33.9 Å². The van der Waals surface area contributed by atoms with E-state index in [4.69, 9.17) is 6.42 Å². The molecular formula is C10H10N2O2. The number of nitro groups is 1. The fourth-order valence-corrected chi connectivity index (χ4v) is 1.06. The predicted molar refractivity (Wildman–Crippen MR) is 55.2 cm³/mol. The van der Waals surface area contributed by atoms with Crippen LogP contribution in [0.15, 0.2) is 18.2 Å². The van der Waals surface area contributed by atoms with Crippen molar-refractivity contribution in [2.24, 2.45) is 0 Å². The first-order chi connectivity index (χ1) is 6.65. The van der Waals surface area contributed by atoms with Gasteiger partial charge in [0.1, 0.15) is 0 Å². The third kappa shape index (κ3) is 2.23. The van der Waals surface area contributed by atoms with Crippen molar-refractivity contribution in [1.29, 1.82) is 0 Å². The number of rotatable bonds is 3. The molecule has 0 bridgehead atoms. The molecule has 0 atom stereocenters. The van der Waals surface area contributed by atoms with Crippen LogP contribution < -0.4 is 5.32 Å². The highest BCUT2D eigenvalue weighted by Crippen LogP contribution is 2.21. The molecule has 0 aliphatic rings. The van der Waals surface area contributed by atoms with Crippen LogP contribution in [0.1, 0.15) is 5.56 Å². The minimum absolute atomic E-state index is 0.0649. The van der Waals surface area contributed by atoms with Gasteiger partial charge < -0.3 is 5.32 Å². The van der Waals surface area contributed by atoms with E-state index in [9.17, 15) is 10.1 Å². The average Bonchev–Trinajstić information content (AvgIpc) is 2.16. The van der Waals surface area contributed by atoms with Crippen LogP contribution >= 0.6 is 0 Å². The van der Waals surface area contributed by atoms with Crippen LogP contribution in [-0.4, -0.2) is 11.5 Å². The van der Waals surface area contributed by atoms with E-state index in [1.54, 1.807) is 6.07 Å². The molecule has 0 saturated carbocycles. The van der Waals surface area contributed by atoms with Crippen LogP contribution in [0.5, 0.6) is 0 Å². The second-order valence-corrected chi connectivity index (χ2v) is 2.81. The van der Waals surface area contributed by atoms with Gasteiger partial charge >= 0.3 is 0 Å². The Hall–Kier alpha value is -2.02. The Morgan fingerprint density at radius 2 is 2.36 bits per heavy atom. The summed E-state index contributed by atoms with van der Waals surface area (Å²) in [6.07, 6.45) is 5.08. The van der Waals surface area contributed by atoms with E-state index in [-0.39, 0.29) is 5.69 Å². The molecule has 0 fully saturated rings. The maximum absolute atomic E-state index is 10.5. The van der Waals surface area contributed by atoms with Gasteiger partial charge in [-0.25, -0.2) is 0 Å². The fourth-order valence-electron chi connectivity index (χ4n) is 1.06. The molecule has 0 radical (unpaired) electrons. The Bertz CT molecular complexity index is 394. The Morgan fingerprint density at radius 3 is 2.93 bits per heavy atom. The molecule has 0 spiro atoms. The summed E-state index contributed by atoms with van der Waals surface area (Å²) in [6.45, 7) is 2.23. The van der Waals surface area contributed by atoms with Gasteiger partial charge in [0.2, 0.25) is 0 Å². The molecule has 1 rings (SSSR count). The number of nitro benzene ring substituents is 1. The average molecular weight is 190 g/mol. The van der Waals surface area contributed by atoms with Crippen LogP contribution in [0.4, 0.5) is 11.4 Å². The zero-order chi connectivity index (χ0) is 10.6. The van der Waals surface area contributed by atoms with Gasteiger partial charge in [0.15, 0.2) is 0 Å². The van der Waals surface area contributed by atoms with Crippen molar-refractivity contribution in [3.8, 4) is 12.3 Å². The number of non-ortho nitro benzene ring substituents is 1. The first-order valence-electron chi connectivity index (χ1n) is 4.07. The summed E-state index contributed by atoms with van der Waals surface area (Å²) in [4.78, 5) is 10.0. The maximum Gasteiger partial charge on any atom is 0.271 e. The molecule has 0 heterocycles. The number of terminal acetylenes is 1. The topological polar surface area (TPSA) is 55.2 Å². The quantitative estimate of drug-likeness (QED) is 0.450. The smallest absolute Gasteiger partial charge is 0.271 e. The van der Waals surface area contributed by atoms with Crippen LogP contribution in [0.2, 0.25) is 0 Å². The van der Waals surface area contributed by atoms with Crippen molar-refractivity contribution in [2.45, 2.75) is 6.92 Å². The summed E-state index contributed by atoms with van der Waals surface area (Å²) in [6, 6.07) is 4.64. The number of anilines is 1. The maximum atomic E-state index is 10.5. The van der Waals surface area contributed by atoms with Gasteiger partial charge in [0.25, 0.3) is 5.69 Å². The molecule has 0 amide bonds. The molecular weight excluding hydrogens is 180 g/mol. The first kappa shape index (κ1) is 10.1. The first-order valence-corrected chi connectivity index (χ1v) is 4.07. The van der Waals surface area contributed by atoms with Gasteiger partial charge in [0, 0.05) is 17.8 Å². The van der Waals surface area contributed by atoms with Crippen molar-refractivity contribution in [3.63, 3.8) is 0 Å². The van der Waals surface area contributed by atoms with Gasteiger partial charge in [-0.3, -0.25) is 10.1 Å². The molecule has 72 valence electrons. The van der Waals surface area contributed by atoms with Gasteiger partial charge in [-0.1, -0.05) is 12.0 Å². The highest BCUT2D eigenvalue weighted by molar-refractivity contribution is 5.57. The number of hydrogen-bond acceptors (Lipinski definition) is 3. The predicted octanol–water partition coefficient (Wildman–Crippen LogP) is 1.95. The van der Waals surface area contributed by atoms with Gasteiger partial charge in [-0.05, 0) is 12.5 Å². The third-order valence-electron chi connectivity index (χ3n) is 1.81. The van der Waals surface area contributed by atoms with Crippen molar-refractivity contribution in [2.75, 3.05) is 11.9 Å². The van der Waals surface area contributed by atoms with E-state index in [1.165, 1.54) is 12.1 Å². The third-order valence-corrected chi connectivity index (χ3v) is 1.81. The lowest BCUT2D eigenvalue weighted by molar-refractivity contribution is -0.384. The van der Waals surface area contributed by atoms with Crippen LogP contribution in [0.25, 0.3) is 0 Å². The van der Waals surface area contributed by atoms with E-state index >= 15 is 0 Å². The number of nitrogens with zero attached hydrogens (tertiary/aromatic N) is 1. The lowest BCUT2D eigenvalue weighted by Gasteiger charge is -2.05. The largest absolute Gasteiger partial charge is 0.374 e. The van der Waals surface area contributed by atoms with E-state index in [0.717, 1.165) is 5.56 Å². The molecule has 0 unspecified atom stereocenters. The van der Waals surface area contributed by atoms with Gasteiger partial charge in [-0.15, -0.1) is 6.42 Å². The van der Waals surface area contributed by atoms with Crippen LogP contribution in [0.3, 0.4) is 0 Å². The lowest BCUT2D eigenvalue weighted by atomic mass is 10.2. The Balaban J connectivity index is 2.97. The van der Waals surface area contributed by atoms with Crippen LogP contribution in [-0.2, 0) is 0 Å². The monoisotopic (exact) mass is 190 g/mol. The Morgan fingerprint density at radius 1 is 1.64 bits per heavy atom. The molecule has 14 heavy (non-hydrogen) atoms. The minimum Gasteiger partial charge on any atom is -0.374 e. The SMILES string of the molecule is C#CCNc1cc([N+](=O)[O-])ccc1C. The van der Waals surface area contributed by atoms with Gasteiger partial charge in [0.05, 0.1) is 11.5 Å². The molecule has 4 nitrogen and oxygen atoms in total. The summed E-state index contributed by atoms with van der Waals surface area (Å²) < 4.78 is 0. The number of nitrogens with one attached hydrogen (secondary N) is 1. The van der Waals surface area contributed by atoms with E-state index in [2.05, 4.69) is 11.2 Å². The fraction of sp³-hybridized carbons (Fsp3) is 0.200. The highest BCUT2D eigenvalue weighted by Gasteiger charge is 2.07. The Kier molecular flexibility index (Phi) is 3.08. The standard InChI is InChI=1S/C10H10N2O2/c1-3-6-11-10-7-9(12(13)14)5-4-8(10)2/h1,4-5,7,11H,6H2,2H3. The molecule has 1 aromatic carbocycles. The zero-order valence-corrected chi connectivity index (χ0v) is 7.78. The summed E-state index contributed by atoms with van der Waals surface area (Å²) in [5, 5.41) is 13.4. The minimum atomic E-state index is -0.430. The van der Waals surface area contributed by atoms with Gasteiger partial charge in [-0.2, -0.15) is 0 Å². The number of aryl methyl sites for hydroxylation is 1. The zero-order valence-electron chi connectivity index (χ0n) is 7.78. The van der Waals surface area contributed by atoms with Crippen molar-refractivity contribution in [1.82, 2.24) is 0 Å². The van der Waals surface area contributed by atoms with E-state index in [0.29, 0.717) is 12.2 Å². The van der Waals surface area contributed by atoms with Crippen molar-refractivity contribution < 1.29 is 4.92 Å². The molecule has 0 saturated heterocycles. The summed E-state index contributed by atoms with van der Waals surface area (Å²) >= 11 is 0. The molecule has 0 aromatic heterocycles. The second kappa shape index (κ2) is 4.28. The molecule has 1 N–H and O–H groups in total. The van der Waals surface area contributed by atoms with E-state index in [1.807, 2.05) is 6.92 Å². The molecule has 0 aliphatic carbocycles.